The molecule has 0 radical (unpaired) electrons. The van der Waals surface area contributed by atoms with Gasteiger partial charge in [-0.05, 0) is 6.08 Å². The summed E-state index contributed by atoms with van der Waals surface area (Å²) in [5, 5.41) is 16.7. The maximum absolute atomic E-state index is 10.9. The SMILES string of the molecule is C=CC1C=COC(O)C1=O.C=CCC(=O)O. The number of ether oxygens (including phenoxy) is 1. The van der Waals surface area contributed by atoms with Crippen molar-refractivity contribution in [3.05, 3.63) is 37.6 Å². The number of rotatable bonds is 3. The Labute approximate surface area is 93.3 Å². The zero-order valence-corrected chi connectivity index (χ0v) is 8.70. The van der Waals surface area contributed by atoms with Crippen molar-refractivity contribution in [2.45, 2.75) is 12.7 Å². The monoisotopic (exact) mass is 226 g/mol. The highest BCUT2D eigenvalue weighted by atomic mass is 16.6. The molecule has 88 valence electrons. The third-order valence-electron chi connectivity index (χ3n) is 1.64. The van der Waals surface area contributed by atoms with Crippen molar-refractivity contribution in [2.24, 2.45) is 5.92 Å². The Balaban J connectivity index is 0.000000325. The molecule has 5 heteroatoms. The van der Waals surface area contributed by atoms with E-state index in [0.29, 0.717) is 0 Å². The van der Waals surface area contributed by atoms with Crippen LogP contribution in [0.1, 0.15) is 6.42 Å². The van der Waals surface area contributed by atoms with Crippen LogP contribution in [0.2, 0.25) is 0 Å². The van der Waals surface area contributed by atoms with Crippen LogP contribution < -0.4 is 0 Å². The Morgan fingerprint density at radius 1 is 1.56 bits per heavy atom. The van der Waals surface area contributed by atoms with Crippen LogP contribution in [-0.2, 0) is 14.3 Å². The highest BCUT2D eigenvalue weighted by Crippen LogP contribution is 2.11. The Kier molecular flexibility index (Phi) is 6.55. The fraction of sp³-hybridized carbons (Fsp3) is 0.273. The van der Waals surface area contributed by atoms with Crippen LogP contribution in [0.25, 0.3) is 0 Å². The molecule has 2 unspecified atom stereocenters. The van der Waals surface area contributed by atoms with E-state index in [4.69, 9.17) is 10.2 Å². The Hall–Kier alpha value is -1.88. The molecule has 2 atom stereocenters. The van der Waals surface area contributed by atoms with Crippen molar-refractivity contribution in [1.29, 1.82) is 0 Å². The zero-order chi connectivity index (χ0) is 12.6. The number of carbonyl (C=O) groups excluding carboxylic acids is 1. The molecule has 0 aromatic rings. The van der Waals surface area contributed by atoms with Crippen LogP contribution in [0.15, 0.2) is 37.6 Å². The van der Waals surface area contributed by atoms with Gasteiger partial charge in [0.2, 0.25) is 5.78 Å². The number of ketones is 1. The summed E-state index contributed by atoms with van der Waals surface area (Å²) in [6.45, 7) is 6.65. The molecule has 1 aliphatic rings. The number of Topliss-reactive ketones (excluding diaryl/α,β-unsaturated/α-hetero) is 1. The molecule has 16 heavy (non-hydrogen) atoms. The van der Waals surface area contributed by atoms with Crippen LogP contribution >= 0.6 is 0 Å². The minimum atomic E-state index is -1.31. The van der Waals surface area contributed by atoms with Crippen molar-refractivity contribution in [1.82, 2.24) is 0 Å². The van der Waals surface area contributed by atoms with Gasteiger partial charge in [-0.25, -0.2) is 0 Å². The first-order chi connectivity index (χ1) is 7.52. The standard InChI is InChI=1S/C7H8O3.C4H6O2/c1-2-5-3-4-10-7(9)6(5)8;1-2-3-4(5)6/h2-5,7,9H,1H2;2H,1,3H2,(H,5,6). The molecule has 0 saturated carbocycles. The summed E-state index contributed by atoms with van der Waals surface area (Å²) in [6, 6.07) is 0. The molecule has 2 N–H and O–H groups in total. The molecular weight excluding hydrogens is 212 g/mol. The van der Waals surface area contributed by atoms with Gasteiger partial charge in [-0.3, -0.25) is 9.59 Å². The van der Waals surface area contributed by atoms with Crippen molar-refractivity contribution in [2.75, 3.05) is 0 Å². The topological polar surface area (TPSA) is 83.8 Å². The van der Waals surface area contributed by atoms with Crippen molar-refractivity contribution in [3.8, 4) is 0 Å². The average Bonchev–Trinajstić information content (AvgIpc) is 2.23. The average molecular weight is 226 g/mol. The van der Waals surface area contributed by atoms with Gasteiger partial charge in [0.15, 0.2) is 0 Å². The van der Waals surface area contributed by atoms with Gasteiger partial charge >= 0.3 is 5.97 Å². The molecule has 1 rings (SSSR count). The minimum Gasteiger partial charge on any atom is -0.481 e. The number of aliphatic carboxylic acids is 1. The molecule has 0 aromatic heterocycles. The van der Waals surface area contributed by atoms with Crippen LogP contribution in [0.4, 0.5) is 0 Å². The highest BCUT2D eigenvalue weighted by Gasteiger charge is 2.24. The molecule has 0 spiro atoms. The lowest BCUT2D eigenvalue weighted by Crippen LogP contribution is -2.30. The fourth-order valence-corrected chi connectivity index (χ4v) is 0.849. The third-order valence-corrected chi connectivity index (χ3v) is 1.64. The van der Waals surface area contributed by atoms with Crippen LogP contribution in [0, 0.1) is 5.92 Å². The summed E-state index contributed by atoms with van der Waals surface area (Å²) in [7, 11) is 0. The normalized spacial score (nSPS) is 22.4. The van der Waals surface area contributed by atoms with Crippen molar-refractivity contribution < 1.29 is 24.5 Å². The molecule has 5 nitrogen and oxygen atoms in total. The molecule has 0 amide bonds. The van der Waals surface area contributed by atoms with E-state index in [1.54, 1.807) is 6.08 Å². The van der Waals surface area contributed by atoms with Gasteiger partial charge in [0.25, 0.3) is 6.29 Å². The van der Waals surface area contributed by atoms with E-state index in [2.05, 4.69) is 17.9 Å². The number of aliphatic hydroxyl groups is 1. The first-order valence-electron chi connectivity index (χ1n) is 4.52. The van der Waals surface area contributed by atoms with Gasteiger partial charge < -0.3 is 14.9 Å². The predicted molar refractivity (Wildman–Crippen MR) is 57.4 cm³/mol. The molecule has 0 aliphatic carbocycles. The van der Waals surface area contributed by atoms with Gasteiger partial charge in [-0.15, -0.1) is 13.2 Å². The molecule has 0 bridgehead atoms. The second-order valence-corrected chi connectivity index (χ2v) is 2.87. The number of aliphatic hydroxyl groups excluding tert-OH is 1. The van der Waals surface area contributed by atoms with E-state index in [-0.39, 0.29) is 12.2 Å². The van der Waals surface area contributed by atoms with Crippen molar-refractivity contribution in [3.63, 3.8) is 0 Å². The van der Waals surface area contributed by atoms with Gasteiger partial charge in [-0.2, -0.15) is 0 Å². The van der Waals surface area contributed by atoms with Crippen LogP contribution in [-0.4, -0.2) is 28.3 Å². The first-order valence-corrected chi connectivity index (χ1v) is 4.52. The Bertz CT molecular complexity index is 305. The quantitative estimate of drug-likeness (QED) is 0.697. The Morgan fingerprint density at radius 2 is 2.19 bits per heavy atom. The second kappa shape index (κ2) is 7.42. The summed E-state index contributed by atoms with van der Waals surface area (Å²) in [6.07, 6.45) is 4.40. The summed E-state index contributed by atoms with van der Waals surface area (Å²) >= 11 is 0. The van der Waals surface area contributed by atoms with Gasteiger partial charge in [0, 0.05) is 0 Å². The maximum Gasteiger partial charge on any atom is 0.307 e. The predicted octanol–water partition coefficient (Wildman–Crippen LogP) is 0.867. The molecule has 1 aliphatic heterocycles. The number of carbonyl (C=O) groups is 2. The lowest BCUT2D eigenvalue weighted by molar-refractivity contribution is -0.150. The van der Waals surface area contributed by atoms with E-state index in [1.807, 2.05) is 0 Å². The molecule has 0 fully saturated rings. The summed E-state index contributed by atoms with van der Waals surface area (Å²) in [4.78, 5) is 20.4. The maximum atomic E-state index is 10.9. The second-order valence-electron chi connectivity index (χ2n) is 2.87. The summed E-state index contributed by atoms with van der Waals surface area (Å²) < 4.78 is 4.50. The lowest BCUT2D eigenvalue weighted by Gasteiger charge is -2.16. The number of carboxylic acid groups (broad SMARTS) is 1. The highest BCUT2D eigenvalue weighted by molar-refractivity contribution is 5.87. The van der Waals surface area contributed by atoms with Crippen LogP contribution in [0.5, 0.6) is 0 Å². The van der Waals surface area contributed by atoms with E-state index < -0.39 is 18.2 Å². The fourth-order valence-electron chi connectivity index (χ4n) is 0.849. The molecule has 0 aromatic carbocycles. The molecule has 0 saturated heterocycles. The molecule has 1 heterocycles. The first kappa shape index (κ1) is 14.1. The summed E-state index contributed by atoms with van der Waals surface area (Å²) in [5.41, 5.74) is 0. The third kappa shape index (κ3) is 5.11. The largest absolute Gasteiger partial charge is 0.481 e. The number of carboxylic acids is 1. The molecular formula is C11H14O5. The Morgan fingerprint density at radius 3 is 2.50 bits per heavy atom. The minimum absolute atomic E-state index is 0.0556. The number of allylic oxidation sites excluding steroid dienone is 2. The summed E-state index contributed by atoms with van der Waals surface area (Å²) in [5.74, 6) is -1.59. The lowest BCUT2D eigenvalue weighted by atomic mass is 10.0. The number of hydrogen-bond acceptors (Lipinski definition) is 4. The van der Waals surface area contributed by atoms with Gasteiger partial charge in [0.1, 0.15) is 0 Å². The van der Waals surface area contributed by atoms with Crippen molar-refractivity contribution >= 4 is 11.8 Å². The smallest absolute Gasteiger partial charge is 0.307 e. The van der Waals surface area contributed by atoms with E-state index in [0.717, 1.165) is 0 Å². The zero-order valence-electron chi connectivity index (χ0n) is 8.70. The van der Waals surface area contributed by atoms with Crippen LogP contribution in [0.3, 0.4) is 0 Å². The van der Waals surface area contributed by atoms with E-state index in [9.17, 15) is 9.59 Å². The number of hydrogen-bond donors (Lipinski definition) is 2. The van der Waals surface area contributed by atoms with E-state index in [1.165, 1.54) is 18.4 Å². The van der Waals surface area contributed by atoms with Gasteiger partial charge in [-0.1, -0.05) is 12.2 Å². The van der Waals surface area contributed by atoms with E-state index >= 15 is 0 Å². The van der Waals surface area contributed by atoms with Gasteiger partial charge in [0.05, 0.1) is 18.6 Å².